The van der Waals surface area contributed by atoms with Gasteiger partial charge in [-0.05, 0) is 77.9 Å². The first-order valence-corrected chi connectivity index (χ1v) is 11.2. The number of nitrogens with one attached hydrogen (secondary N) is 1. The lowest BCUT2D eigenvalue weighted by molar-refractivity contribution is 0.0729. The molecule has 4 aromatic carbocycles. The van der Waals surface area contributed by atoms with Gasteiger partial charge in [0.1, 0.15) is 11.5 Å². The predicted molar refractivity (Wildman–Crippen MR) is 136 cm³/mol. The molecular formula is C28H24N2O6. The molecule has 0 bridgehead atoms. The zero-order chi connectivity index (χ0) is 25.5. The lowest BCUT2D eigenvalue weighted by Gasteiger charge is -2.10. The summed E-state index contributed by atoms with van der Waals surface area (Å²) >= 11 is 0. The maximum absolute atomic E-state index is 12.5. The van der Waals surface area contributed by atoms with Crippen molar-refractivity contribution in [2.75, 3.05) is 13.7 Å². The molecule has 0 aliphatic heterocycles. The molecule has 0 saturated carbocycles. The van der Waals surface area contributed by atoms with E-state index in [0.717, 1.165) is 10.8 Å². The van der Waals surface area contributed by atoms with Crippen LogP contribution in [0.5, 0.6) is 23.0 Å². The van der Waals surface area contributed by atoms with Gasteiger partial charge < -0.3 is 19.3 Å². The highest BCUT2D eigenvalue weighted by atomic mass is 16.6. The van der Waals surface area contributed by atoms with Crippen molar-refractivity contribution in [2.24, 2.45) is 5.10 Å². The summed E-state index contributed by atoms with van der Waals surface area (Å²) in [5, 5.41) is 15.8. The minimum atomic E-state index is -0.553. The van der Waals surface area contributed by atoms with Crippen molar-refractivity contribution >= 4 is 28.9 Å². The number of aromatic hydroxyl groups is 1. The third-order valence-corrected chi connectivity index (χ3v) is 5.28. The Kier molecular flexibility index (Phi) is 7.45. The number of nitrogens with zero attached hydrogens (tertiary/aromatic N) is 1. The summed E-state index contributed by atoms with van der Waals surface area (Å²) in [4.78, 5) is 25.0. The van der Waals surface area contributed by atoms with E-state index < -0.39 is 11.9 Å². The first kappa shape index (κ1) is 24.3. The average molecular weight is 485 g/mol. The molecule has 2 N–H and O–H groups in total. The molecule has 1 amide bonds. The van der Waals surface area contributed by atoms with Crippen molar-refractivity contribution in [3.8, 4) is 23.0 Å². The Morgan fingerprint density at radius 3 is 2.36 bits per heavy atom. The number of methoxy groups -OCH3 is 1. The van der Waals surface area contributed by atoms with Crippen molar-refractivity contribution in [3.63, 3.8) is 0 Å². The van der Waals surface area contributed by atoms with Crippen LogP contribution in [0.15, 0.2) is 84.0 Å². The molecule has 4 rings (SSSR count). The summed E-state index contributed by atoms with van der Waals surface area (Å²) in [6.45, 7) is 2.42. The summed E-state index contributed by atoms with van der Waals surface area (Å²) in [6.07, 6.45) is 1.41. The van der Waals surface area contributed by atoms with Crippen LogP contribution in [-0.2, 0) is 0 Å². The molecular weight excluding hydrogens is 460 g/mol. The van der Waals surface area contributed by atoms with Gasteiger partial charge in [-0.3, -0.25) is 4.79 Å². The van der Waals surface area contributed by atoms with Crippen LogP contribution in [0.1, 0.15) is 33.2 Å². The molecule has 8 nitrogen and oxygen atoms in total. The second-order valence-corrected chi connectivity index (χ2v) is 7.67. The second kappa shape index (κ2) is 11.1. The smallest absolute Gasteiger partial charge is 0.343 e. The number of carbonyl (C=O) groups excluding carboxylic acids is 2. The molecule has 4 aromatic rings. The largest absolute Gasteiger partial charge is 0.507 e. The highest BCUT2D eigenvalue weighted by Crippen LogP contribution is 2.29. The zero-order valence-corrected chi connectivity index (χ0v) is 19.7. The molecule has 0 spiro atoms. The van der Waals surface area contributed by atoms with Gasteiger partial charge in [-0.25, -0.2) is 10.2 Å². The van der Waals surface area contributed by atoms with Gasteiger partial charge in [0.2, 0.25) is 0 Å². The van der Waals surface area contributed by atoms with Gasteiger partial charge in [-0.2, -0.15) is 5.10 Å². The summed E-state index contributed by atoms with van der Waals surface area (Å²) in [5.74, 6) is -0.0158. The van der Waals surface area contributed by atoms with Gasteiger partial charge in [-0.15, -0.1) is 0 Å². The predicted octanol–water partition coefficient (Wildman–Crippen LogP) is 4.94. The van der Waals surface area contributed by atoms with E-state index in [-0.39, 0.29) is 17.1 Å². The molecule has 8 heteroatoms. The Bertz CT molecular complexity index is 1430. The number of hydrogen-bond donors (Lipinski definition) is 2. The number of fused-ring (bicyclic) bond motifs is 1. The Morgan fingerprint density at radius 1 is 0.944 bits per heavy atom. The van der Waals surface area contributed by atoms with Crippen LogP contribution in [0.4, 0.5) is 0 Å². The first-order valence-electron chi connectivity index (χ1n) is 11.2. The molecule has 0 unspecified atom stereocenters. The van der Waals surface area contributed by atoms with Gasteiger partial charge in [-0.1, -0.05) is 24.3 Å². The van der Waals surface area contributed by atoms with Crippen molar-refractivity contribution < 1.29 is 28.9 Å². The summed E-state index contributed by atoms with van der Waals surface area (Å²) in [5.41, 5.74) is 3.48. The molecule has 0 fully saturated rings. The van der Waals surface area contributed by atoms with Crippen molar-refractivity contribution in [1.82, 2.24) is 5.43 Å². The minimum absolute atomic E-state index is 0.111. The zero-order valence-electron chi connectivity index (χ0n) is 19.7. The molecule has 0 aliphatic carbocycles. The van der Waals surface area contributed by atoms with Crippen molar-refractivity contribution in [2.45, 2.75) is 6.92 Å². The standard InChI is InChI=1S/C28H24N2O6/c1-3-35-22-11-9-19(10-12-22)28(33)36-25-13-8-18(14-26(25)34-2)17-29-30-27(32)23-15-20-6-4-5-7-21(20)16-24(23)31/h4-17,31H,3H2,1-2H3,(H,30,32). The van der Waals surface area contributed by atoms with Gasteiger partial charge >= 0.3 is 5.97 Å². The monoisotopic (exact) mass is 484 g/mol. The van der Waals surface area contributed by atoms with E-state index in [4.69, 9.17) is 14.2 Å². The van der Waals surface area contributed by atoms with E-state index in [1.54, 1.807) is 48.5 Å². The van der Waals surface area contributed by atoms with E-state index in [9.17, 15) is 14.7 Å². The summed E-state index contributed by atoms with van der Waals surface area (Å²) < 4.78 is 16.2. The number of ether oxygens (including phenoxy) is 3. The minimum Gasteiger partial charge on any atom is -0.507 e. The van der Waals surface area contributed by atoms with Crippen LogP contribution >= 0.6 is 0 Å². The quantitative estimate of drug-likeness (QED) is 0.159. The van der Waals surface area contributed by atoms with E-state index in [1.165, 1.54) is 19.4 Å². The van der Waals surface area contributed by atoms with E-state index in [1.807, 2.05) is 31.2 Å². The van der Waals surface area contributed by atoms with E-state index >= 15 is 0 Å². The van der Waals surface area contributed by atoms with E-state index in [0.29, 0.717) is 29.2 Å². The maximum atomic E-state index is 12.5. The van der Waals surface area contributed by atoms with Crippen molar-refractivity contribution in [3.05, 3.63) is 95.6 Å². The SMILES string of the molecule is CCOc1ccc(C(=O)Oc2ccc(C=NNC(=O)c3cc4ccccc4cc3O)cc2OC)cc1. The molecule has 182 valence electrons. The maximum Gasteiger partial charge on any atom is 0.343 e. The third-order valence-electron chi connectivity index (χ3n) is 5.28. The second-order valence-electron chi connectivity index (χ2n) is 7.67. The van der Waals surface area contributed by atoms with Crippen LogP contribution in [0, 0.1) is 0 Å². The number of carbonyl (C=O) groups is 2. The Morgan fingerprint density at radius 2 is 1.67 bits per heavy atom. The topological polar surface area (TPSA) is 106 Å². The fraction of sp³-hybridized carbons (Fsp3) is 0.107. The van der Waals surface area contributed by atoms with Crippen LogP contribution in [-0.4, -0.2) is 36.9 Å². The normalized spacial score (nSPS) is 10.8. The fourth-order valence-electron chi connectivity index (χ4n) is 3.50. The van der Waals surface area contributed by atoms with Gasteiger partial charge in [0, 0.05) is 0 Å². The van der Waals surface area contributed by atoms with Gasteiger partial charge in [0.15, 0.2) is 11.5 Å². The summed E-state index contributed by atoms with van der Waals surface area (Å²) in [7, 11) is 1.45. The third kappa shape index (κ3) is 5.61. The molecule has 0 saturated heterocycles. The molecule has 0 radical (unpaired) electrons. The molecule has 0 aromatic heterocycles. The number of rotatable bonds is 8. The lowest BCUT2D eigenvalue weighted by Crippen LogP contribution is -2.17. The van der Waals surface area contributed by atoms with E-state index in [2.05, 4.69) is 10.5 Å². The van der Waals surface area contributed by atoms with Crippen LogP contribution in [0.3, 0.4) is 0 Å². The van der Waals surface area contributed by atoms with Gasteiger partial charge in [0.25, 0.3) is 5.91 Å². The Labute approximate surface area is 207 Å². The number of hydrazone groups is 1. The lowest BCUT2D eigenvalue weighted by atomic mass is 10.1. The number of phenols is 1. The first-order chi connectivity index (χ1) is 17.5. The number of esters is 1. The van der Waals surface area contributed by atoms with Crippen LogP contribution < -0.4 is 19.6 Å². The average Bonchev–Trinajstić information content (AvgIpc) is 2.89. The van der Waals surface area contributed by atoms with Crippen LogP contribution in [0.2, 0.25) is 0 Å². The number of amides is 1. The Hall–Kier alpha value is -4.85. The van der Waals surface area contributed by atoms with Crippen LogP contribution in [0.25, 0.3) is 10.8 Å². The number of benzene rings is 4. The Balaban J connectivity index is 1.42. The molecule has 0 heterocycles. The molecule has 36 heavy (non-hydrogen) atoms. The number of phenolic OH excluding ortho intramolecular Hbond substituents is 1. The molecule has 0 atom stereocenters. The van der Waals surface area contributed by atoms with Crippen molar-refractivity contribution in [1.29, 1.82) is 0 Å². The highest BCUT2D eigenvalue weighted by Gasteiger charge is 2.14. The summed E-state index contributed by atoms with van der Waals surface area (Å²) in [6, 6.07) is 22.0. The number of hydrogen-bond acceptors (Lipinski definition) is 7. The fourth-order valence-corrected chi connectivity index (χ4v) is 3.50. The van der Waals surface area contributed by atoms with Gasteiger partial charge in [0.05, 0.1) is 31.1 Å². The molecule has 0 aliphatic rings. The highest BCUT2D eigenvalue weighted by molar-refractivity contribution is 6.01.